The Morgan fingerprint density at radius 1 is 1.06 bits per heavy atom. The van der Waals surface area contributed by atoms with E-state index in [1.54, 1.807) is 11.3 Å². The Balaban J connectivity index is 1.21. The van der Waals surface area contributed by atoms with Gasteiger partial charge in [-0.3, -0.25) is 4.79 Å². The van der Waals surface area contributed by atoms with Crippen molar-refractivity contribution in [3.8, 4) is 5.69 Å². The van der Waals surface area contributed by atoms with Crippen LogP contribution in [-0.2, 0) is 11.2 Å². The summed E-state index contributed by atoms with van der Waals surface area (Å²) in [4.78, 5) is 20.6. The topological polar surface area (TPSA) is 63.1 Å². The van der Waals surface area contributed by atoms with Crippen molar-refractivity contribution in [2.75, 3.05) is 18.0 Å². The van der Waals surface area contributed by atoms with Crippen LogP contribution in [0.15, 0.2) is 48.5 Å². The lowest BCUT2D eigenvalue weighted by Crippen LogP contribution is -2.44. The average molecular weight is 486 g/mol. The fourth-order valence-corrected chi connectivity index (χ4v) is 6.50. The zero-order valence-electron chi connectivity index (χ0n) is 20.3. The highest BCUT2D eigenvalue weighted by Gasteiger charge is 2.30. The summed E-state index contributed by atoms with van der Waals surface area (Å²) in [6.45, 7) is 5.78. The Hall–Kier alpha value is -3.19. The Kier molecular flexibility index (Phi) is 5.80. The molecule has 2 aromatic heterocycles. The first-order valence-corrected chi connectivity index (χ1v) is 13.4. The Morgan fingerprint density at radius 2 is 1.89 bits per heavy atom. The molecule has 0 saturated carbocycles. The maximum absolute atomic E-state index is 13.3. The van der Waals surface area contributed by atoms with E-state index in [9.17, 15) is 4.79 Å². The molecule has 6 nitrogen and oxygen atoms in total. The highest BCUT2D eigenvalue weighted by Crippen LogP contribution is 2.35. The Labute approximate surface area is 210 Å². The molecule has 1 N–H and O–H groups in total. The molecule has 0 spiro atoms. The number of hydrogen-bond donors (Lipinski definition) is 1. The minimum Gasteiger partial charge on any atom is -0.349 e. The third kappa shape index (κ3) is 4.22. The maximum atomic E-state index is 13.3. The number of hydrogen-bond acceptors (Lipinski definition) is 5. The highest BCUT2D eigenvalue weighted by atomic mass is 32.1. The minimum atomic E-state index is -0.0143. The average Bonchev–Trinajstić information content (AvgIpc) is 3.45. The summed E-state index contributed by atoms with van der Waals surface area (Å²) in [7, 11) is 0. The predicted octanol–water partition coefficient (Wildman–Crippen LogP) is 5.51. The highest BCUT2D eigenvalue weighted by molar-refractivity contribution is 7.22. The van der Waals surface area contributed by atoms with Gasteiger partial charge in [-0.1, -0.05) is 53.3 Å². The number of aryl methyl sites for hydroxylation is 3. The number of benzene rings is 2. The normalized spacial score (nSPS) is 20.1. The van der Waals surface area contributed by atoms with Gasteiger partial charge in [-0.2, -0.15) is 10.1 Å². The summed E-state index contributed by atoms with van der Waals surface area (Å²) in [6, 6.07) is 17.1. The molecule has 1 amide bonds. The van der Waals surface area contributed by atoms with E-state index in [1.807, 2.05) is 11.6 Å². The smallest absolute Gasteiger partial charge is 0.225 e. The largest absolute Gasteiger partial charge is 0.349 e. The fourth-order valence-electron chi connectivity index (χ4n) is 5.48. The number of thiazole rings is 1. The lowest BCUT2D eigenvalue weighted by Gasteiger charge is -2.33. The van der Waals surface area contributed by atoms with Crippen molar-refractivity contribution in [1.29, 1.82) is 0 Å². The van der Waals surface area contributed by atoms with E-state index in [1.165, 1.54) is 16.7 Å². The second-order valence-corrected chi connectivity index (χ2v) is 10.9. The van der Waals surface area contributed by atoms with Crippen molar-refractivity contribution >= 4 is 32.7 Å². The number of anilines is 1. The molecule has 1 aliphatic heterocycles. The van der Waals surface area contributed by atoms with Crippen LogP contribution in [0.25, 0.3) is 16.0 Å². The molecule has 3 heterocycles. The molecule has 1 fully saturated rings. The van der Waals surface area contributed by atoms with Gasteiger partial charge in [0.1, 0.15) is 0 Å². The van der Waals surface area contributed by atoms with Crippen LogP contribution >= 0.6 is 11.3 Å². The van der Waals surface area contributed by atoms with E-state index in [-0.39, 0.29) is 17.9 Å². The van der Waals surface area contributed by atoms with Crippen molar-refractivity contribution in [2.24, 2.45) is 5.92 Å². The number of carbonyl (C=O) groups excluding carboxylic acids is 1. The minimum absolute atomic E-state index is 0.0143. The van der Waals surface area contributed by atoms with Crippen molar-refractivity contribution in [3.05, 3.63) is 70.9 Å². The number of rotatable bonds is 4. The first kappa shape index (κ1) is 22.3. The molecule has 0 radical (unpaired) electrons. The van der Waals surface area contributed by atoms with Crippen molar-refractivity contribution in [3.63, 3.8) is 0 Å². The van der Waals surface area contributed by atoms with Gasteiger partial charge < -0.3 is 10.2 Å². The lowest BCUT2D eigenvalue weighted by molar-refractivity contribution is -0.126. The first-order chi connectivity index (χ1) is 17.1. The van der Waals surface area contributed by atoms with Gasteiger partial charge in [0.05, 0.1) is 28.0 Å². The van der Waals surface area contributed by atoms with Gasteiger partial charge in [0.15, 0.2) is 10.8 Å². The number of aromatic nitrogens is 3. The summed E-state index contributed by atoms with van der Waals surface area (Å²) < 4.78 is 3.06. The number of nitrogens with one attached hydrogen (secondary N) is 1. The van der Waals surface area contributed by atoms with E-state index in [4.69, 9.17) is 10.1 Å². The first-order valence-electron chi connectivity index (χ1n) is 12.6. The van der Waals surface area contributed by atoms with Gasteiger partial charge in [0, 0.05) is 13.1 Å². The van der Waals surface area contributed by atoms with Gasteiger partial charge in [0.25, 0.3) is 0 Å². The van der Waals surface area contributed by atoms with Gasteiger partial charge in [-0.05, 0) is 69.2 Å². The van der Waals surface area contributed by atoms with Crippen LogP contribution in [0.2, 0.25) is 0 Å². The van der Waals surface area contributed by atoms with Crippen LogP contribution in [0, 0.1) is 19.8 Å². The lowest BCUT2D eigenvalue weighted by atomic mass is 9.87. The summed E-state index contributed by atoms with van der Waals surface area (Å²) in [5, 5.41) is 9.12. The number of piperidine rings is 1. The molecule has 2 aromatic carbocycles. The summed E-state index contributed by atoms with van der Waals surface area (Å²) >= 11 is 1.69. The third-order valence-corrected chi connectivity index (χ3v) is 8.62. The molecule has 180 valence electrons. The molecule has 2 aliphatic rings. The van der Waals surface area contributed by atoms with Crippen LogP contribution < -0.4 is 10.2 Å². The molecule has 35 heavy (non-hydrogen) atoms. The Bertz CT molecular complexity index is 1370. The van der Waals surface area contributed by atoms with E-state index in [2.05, 4.69) is 65.7 Å². The number of nitrogens with zero attached hydrogens (tertiary/aromatic N) is 4. The van der Waals surface area contributed by atoms with Gasteiger partial charge in [-0.25, -0.2) is 4.68 Å². The standard InChI is InChI=1S/C28H31N5OS/c1-18-12-14-22(15-13-18)33-26-25(19(2)31-33)35-28(30-26)32-16-6-9-21(17-32)27(34)29-24-11-5-8-20-7-3-4-10-23(20)24/h3-4,7,10,12-15,21,24H,5-6,8-9,11,16-17H2,1-2H3,(H,29,34)/t21-,24-/m0/s1. The molecular weight excluding hydrogens is 454 g/mol. The predicted molar refractivity (Wildman–Crippen MR) is 141 cm³/mol. The van der Waals surface area contributed by atoms with Crippen LogP contribution in [0.1, 0.15) is 54.1 Å². The second kappa shape index (κ2) is 9.11. The van der Waals surface area contributed by atoms with Crippen LogP contribution in [-0.4, -0.2) is 33.8 Å². The van der Waals surface area contributed by atoms with Crippen LogP contribution in [0.5, 0.6) is 0 Å². The van der Waals surface area contributed by atoms with Crippen molar-refractivity contribution in [2.45, 2.75) is 52.0 Å². The number of carbonyl (C=O) groups is 1. The molecule has 2 atom stereocenters. The summed E-state index contributed by atoms with van der Waals surface area (Å²) in [5.74, 6) is 0.166. The summed E-state index contributed by atoms with van der Waals surface area (Å²) in [5.41, 5.74) is 6.81. The van der Waals surface area contributed by atoms with Gasteiger partial charge >= 0.3 is 0 Å². The van der Waals surface area contributed by atoms with E-state index < -0.39 is 0 Å². The molecule has 7 heteroatoms. The van der Waals surface area contributed by atoms with Gasteiger partial charge in [0.2, 0.25) is 5.91 Å². The summed E-state index contributed by atoms with van der Waals surface area (Å²) in [6.07, 6.45) is 5.18. The molecule has 4 aromatic rings. The molecular formula is C28H31N5OS. The molecule has 1 aliphatic carbocycles. The second-order valence-electron chi connectivity index (χ2n) is 9.92. The fraction of sp³-hybridized carbons (Fsp3) is 0.393. The SMILES string of the molecule is Cc1ccc(-n2nc(C)c3sc(N4CCC[C@H](C(=O)N[C@H]5CCCc6ccccc65)C4)nc32)cc1. The van der Waals surface area contributed by atoms with E-state index in [0.29, 0.717) is 6.54 Å². The van der Waals surface area contributed by atoms with Gasteiger partial charge in [-0.15, -0.1) is 0 Å². The molecule has 0 unspecified atom stereocenters. The third-order valence-electron chi connectivity index (χ3n) is 7.40. The zero-order valence-corrected chi connectivity index (χ0v) is 21.1. The monoisotopic (exact) mass is 485 g/mol. The van der Waals surface area contributed by atoms with E-state index >= 15 is 0 Å². The zero-order chi connectivity index (χ0) is 23.9. The molecule has 6 rings (SSSR count). The number of amides is 1. The molecule has 1 saturated heterocycles. The Morgan fingerprint density at radius 3 is 2.74 bits per heavy atom. The number of fused-ring (bicyclic) bond motifs is 2. The van der Waals surface area contributed by atoms with Crippen LogP contribution in [0.3, 0.4) is 0 Å². The van der Waals surface area contributed by atoms with Crippen molar-refractivity contribution in [1.82, 2.24) is 20.1 Å². The maximum Gasteiger partial charge on any atom is 0.225 e. The molecule has 0 bridgehead atoms. The quantitative estimate of drug-likeness (QED) is 0.414. The van der Waals surface area contributed by atoms with E-state index in [0.717, 1.165) is 65.5 Å². The van der Waals surface area contributed by atoms with Crippen molar-refractivity contribution < 1.29 is 4.79 Å². The van der Waals surface area contributed by atoms with Crippen LogP contribution in [0.4, 0.5) is 5.13 Å².